The maximum Gasteiger partial charge on any atom is 0.326 e. The first-order valence-electron chi connectivity index (χ1n) is 14.6. The SMILES string of the molecule is Cc1ccc(OCCN(CCCCc2ccc3c(n2)NCCC3)CCC(Nc2ncnc3cccnc23)C(=O)O)cn1. The molecule has 1 unspecified atom stereocenters. The van der Waals surface area contributed by atoms with E-state index in [1.165, 1.54) is 11.9 Å². The number of nitrogens with zero attached hydrogens (tertiary/aromatic N) is 6. The number of hydrogen-bond donors (Lipinski definition) is 3. The third-order valence-corrected chi connectivity index (χ3v) is 7.41. The Labute approximate surface area is 245 Å². The minimum atomic E-state index is -0.938. The van der Waals surface area contributed by atoms with Gasteiger partial charge in [-0.3, -0.25) is 14.9 Å². The number of carbonyl (C=O) groups is 1. The number of hydrogen-bond acceptors (Lipinski definition) is 10. The van der Waals surface area contributed by atoms with Crippen LogP contribution in [0.1, 0.15) is 42.6 Å². The standard InChI is InChI=1S/C31H38N8O3/c1-22-9-12-25(20-34-22)42-19-18-39(16-3-2-7-24-11-10-23-6-4-15-33-29(23)37-24)17-13-27(31(40)41)38-30-28-26(35-21-36-30)8-5-14-32-28/h5,8-12,14,20-21,27H,2-4,6-7,13,15-19H2,1H3,(H,33,37)(H,40,41)(H,35,36,38). The Morgan fingerprint density at radius 1 is 1.10 bits per heavy atom. The van der Waals surface area contributed by atoms with Crippen molar-refractivity contribution in [2.75, 3.05) is 43.4 Å². The number of nitrogens with one attached hydrogen (secondary N) is 2. The van der Waals surface area contributed by atoms with Gasteiger partial charge in [0.05, 0.1) is 11.7 Å². The van der Waals surface area contributed by atoms with Crippen molar-refractivity contribution in [3.63, 3.8) is 0 Å². The summed E-state index contributed by atoms with van der Waals surface area (Å²) in [4.78, 5) is 36.4. The molecule has 42 heavy (non-hydrogen) atoms. The Morgan fingerprint density at radius 2 is 2.02 bits per heavy atom. The maximum atomic E-state index is 12.2. The molecule has 11 nitrogen and oxygen atoms in total. The molecule has 11 heteroatoms. The number of fused-ring (bicyclic) bond motifs is 2. The van der Waals surface area contributed by atoms with Gasteiger partial charge in [-0.05, 0) is 87.9 Å². The number of aliphatic carboxylic acids is 1. The molecule has 220 valence electrons. The maximum absolute atomic E-state index is 12.2. The quantitative estimate of drug-likeness (QED) is 0.178. The molecule has 1 aliphatic heterocycles. The fourth-order valence-corrected chi connectivity index (χ4v) is 5.05. The number of aromatic nitrogens is 5. The highest BCUT2D eigenvalue weighted by molar-refractivity contribution is 5.87. The normalized spacial score (nSPS) is 13.4. The molecule has 0 saturated carbocycles. The van der Waals surface area contributed by atoms with Crippen molar-refractivity contribution in [2.45, 2.75) is 51.5 Å². The molecule has 0 bridgehead atoms. The second kappa shape index (κ2) is 14.5. The second-order valence-electron chi connectivity index (χ2n) is 10.5. The van der Waals surface area contributed by atoms with Gasteiger partial charge in [0.25, 0.3) is 0 Å². The number of rotatable bonds is 15. The van der Waals surface area contributed by atoms with E-state index < -0.39 is 12.0 Å². The van der Waals surface area contributed by atoms with Crippen LogP contribution in [0.3, 0.4) is 0 Å². The van der Waals surface area contributed by atoms with Crippen LogP contribution in [0.25, 0.3) is 11.0 Å². The van der Waals surface area contributed by atoms with E-state index >= 15 is 0 Å². The second-order valence-corrected chi connectivity index (χ2v) is 10.5. The van der Waals surface area contributed by atoms with Gasteiger partial charge >= 0.3 is 5.97 Å². The molecule has 0 fully saturated rings. The van der Waals surface area contributed by atoms with Gasteiger partial charge in [0.15, 0.2) is 5.82 Å². The molecular formula is C31H38N8O3. The van der Waals surface area contributed by atoms with Crippen molar-refractivity contribution in [2.24, 2.45) is 0 Å². The van der Waals surface area contributed by atoms with Gasteiger partial charge in [-0.25, -0.2) is 19.7 Å². The van der Waals surface area contributed by atoms with Crippen LogP contribution in [0.4, 0.5) is 11.6 Å². The molecule has 5 heterocycles. The van der Waals surface area contributed by atoms with Gasteiger partial charge in [0, 0.05) is 37.2 Å². The molecule has 0 aromatic carbocycles. The average Bonchev–Trinajstić information content (AvgIpc) is 3.01. The molecule has 1 aliphatic rings. The first-order chi connectivity index (χ1) is 20.5. The van der Waals surface area contributed by atoms with E-state index in [4.69, 9.17) is 9.72 Å². The molecule has 1 atom stereocenters. The first kappa shape index (κ1) is 29.1. The summed E-state index contributed by atoms with van der Waals surface area (Å²) in [6.07, 6.45) is 10.3. The van der Waals surface area contributed by atoms with Crippen molar-refractivity contribution in [3.8, 4) is 5.75 Å². The summed E-state index contributed by atoms with van der Waals surface area (Å²) in [6.45, 7) is 5.47. The zero-order valence-electron chi connectivity index (χ0n) is 24.0. The largest absolute Gasteiger partial charge is 0.491 e. The number of pyridine rings is 3. The molecule has 0 aliphatic carbocycles. The Morgan fingerprint density at radius 3 is 2.88 bits per heavy atom. The van der Waals surface area contributed by atoms with Gasteiger partial charge in [-0.2, -0.15) is 0 Å². The van der Waals surface area contributed by atoms with Gasteiger partial charge in [-0.1, -0.05) is 6.07 Å². The predicted octanol–water partition coefficient (Wildman–Crippen LogP) is 4.14. The molecular weight excluding hydrogens is 532 g/mol. The van der Waals surface area contributed by atoms with Gasteiger partial charge in [0.1, 0.15) is 36.1 Å². The van der Waals surface area contributed by atoms with E-state index in [9.17, 15) is 9.90 Å². The Kier molecular flexibility index (Phi) is 10.1. The smallest absolute Gasteiger partial charge is 0.326 e. The summed E-state index contributed by atoms with van der Waals surface area (Å²) in [5.41, 5.74) is 4.55. The lowest BCUT2D eigenvalue weighted by atomic mass is 10.1. The van der Waals surface area contributed by atoms with Crippen LogP contribution in [0.5, 0.6) is 5.75 Å². The van der Waals surface area contributed by atoms with Crippen LogP contribution in [0.2, 0.25) is 0 Å². The summed E-state index contributed by atoms with van der Waals surface area (Å²) >= 11 is 0. The van der Waals surface area contributed by atoms with Crippen LogP contribution >= 0.6 is 0 Å². The summed E-state index contributed by atoms with van der Waals surface area (Å²) in [6, 6.07) is 11.0. The van der Waals surface area contributed by atoms with Crippen molar-refractivity contribution in [1.82, 2.24) is 29.8 Å². The molecule has 4 aromatic rings. The number of carboxylic acid groups (broad SMARTS) is 1. The zero-order chi connectivity index (χ0) is 29.1. The highest BCUT2D eigenvalue weighted by Crippen LogP contribution is 2.21. The van der Waals surface area contributed by atoms with E-state index in [1.807, 2.05) is 25.1 Å². The van der Waals surface area contributed by atoms with E-state index in [1.54, 1.807) is 18.5 Å². The lowest BCUT2D eigenvalue weighted by molar-refractivity contribution is -0.138. The summed E-state index contributed by atoms with van der Waals surface area (Å²) in [7, 11) is 0. The summed E-state index contributed by atoms with van der Waals surface area (Å²) in [5.74, 6) is 1.23. The Balaban J connectivity index is 1.17. The van der Waals surface area contributed by atoms with Crippen molar-refractivity contribution >= 4 is 28.6 Å². The van der Waals surface area contributed by atoms with Crippen molar-refractivity contribution < 1.29 is 14.6 Å². The molecule has 4 aromatic heterocycles. The molecule has 0 amide bonds. The van der Waals surface area contributed by atoms with E-state index in [0.29, 0.717) is 43.0 Å². The average molecular weight is 571 g/mol. The fraction of sp³-hybridized carbons (Fsp3) is 0.419. The van der Waals surface area contributed by atoms with Crippen molar-refractivity contribution in [3.05, 3.63) is 72.1 Å². The number of carboxylic acids is 1. The molecule has 0 spiro atoms. The predicted molar refractivity (Wildman–Crippen MR) is 162 cm³/mol. The van der Waals surface area contributed by atoms with Crippen LogP contribution in [0.15, 0.2) is 55.1 Å². The van der Waals surface area contributed by atoms with E-state index in [2.05, 4.69) is 47.6 Å². The van der Waals surface area contributed by atoms with Crippen LogP contribution < -0.4 is 15.4 Å². The highest BCUT2D eigenvalue weighted by atomic mass is 16.5. The molecule has 0 saturated heterocycles. The minimum Gasteiger partial charge on any atom is -0.491 e. The van der Waals surface area contributed by atoms with E-state index in [-0.39, 0.29) is 0 Å². The number of anilines is 2. The molecule has 3 N–H and O–H groups in total. The third-order valence-electron chi connectivity index (χ3n) is 7.41. The lowest BCUT2D eigenvalue weighted by Gasteiger charge is -2.25. The summed E-state index contributed by atoms with van der Waals surface area (Å²) < 4.78 is 5.94. The number of aryl methyl sites for hydroxylation is 3. The van der Waals surface area contributed by atoms with Crippen molar-refractivity contribution in [1.29, 1.82) is 0 Å². The van der Waals surface area contributed by atoms with Gasteiger partial charge < -0.3 is 20.5 Å². The van der Waals surface area contributed by atoms with Crippen LogP contribution in [-0.4, -0.2) is 79.7 Å². The number of ether oxygens (including phenoxy) is 1. The summed E-state index contributed by atoms with van der Waals surface area (Å²) in [5, 5.41) is 16.5. The topological polar surface area (TPSA) is 138 Å². The monoisotopic (exact) mass is 570 g/mol. The first-order valence-corrected chi connectivity index (χ1v) is 14.6. The minimum absolute atomic E-state index is 0.387. The van der Waals surface area contributed by atoms with E-state index in [0.717, 1.165) is 68.1 Å². The van der Waals surface area contributed by atoms with Crippen LogP contribution in [-0.2, 0) is 17.6 Å². The van der Waals surface area contributed by atoms with Gasteiger partial charge in [-0.15, -0.1) is 0 Å². The van der Waals surface area contributed by atoms with Crippen LogP contribution in [0, 0.1) is 6.92 Å². The zero-order valence-corrected chi connectivity index (χ0v) is 24.0. The third kappa shape index (κ3) is 8.10. The fourth-order valence-electron chi connectivity index (χ4n) is 5.05. The van der Waals surface area contributed by atoms with Gasteiger partial charge in [0.2, 0.25) is 0 Å². The highest BCUT2D eigenvalue weighted by Gasteiger charge is 2.21. The molecule has 5 rings (SSSR count). The number of unbranched alkanes of at least 4 members (excludes halogenated alkanes) is 1. The molecule has 0 radical (unpaired) electrons. The Bertz CT molecular complexity index is 1460. The lowest BCUT2D eigenvalue weighted by Crippen LogP contribution is -2.37. The Hall–Kier alpha value is -4.38.